The maximum absolute atomic E-state index is 5.17. The molecule has 1 heteroatoms. The average molecular weight is 190 g/mol. The highest BCUT2D eigenvalue weighted by molar-refractivity contribution is 7.99. The van der Waals surface area contributed by atoms with Crippen molar-refractivity contribution in [2.24, 2.45) is 0 Å². The summed E-state index contributed by atoms with van der Waals surface area (Å²) in [6, 6.07) is 8.61. The Balaban J connectivity index is 2.30. The van der Waals surface area contributed by atoms with E-state index in [-0.39, 0.29) is 0 Å². The van der Waals surface area contributed by atoms with Gasteiger partial charge in [-0.1, -0.05) is 17.7 Å². The number of aryl methyl sites for hydroxylation is 1. The van der Waals surface area contributed by atoms with E-state index in [2.05, 4.69) is 37.1 Å². The molecule has 0 spiro atoms. The van der Waals surface area contributed by atoms with Gasteiger partial charge in [-0.25, -0.2) is 0 Å². The molecule has 0 N–H and O–H groups in total. The molecule has 0 bridgehead atoms. The van der Waals surface area contributed by atoms with Gasteiger partial charge in [-0.05, 0) is 31.2 Å². The Morgan fingerprint density at radius 3 is 2.62 bits per heavy atom. The Morgan fingerprint density at radius 2 is 2.00 bits per heavy atom. The molecule has 0 aromatic heterocycles. The minimum atomic E-state index is 0.888. The number of terminal acetylenes is 1. The summed E-state index contributed by atoms with van der Waals surface area (Å²) in [6.45, 7) is 2.10. The number of hydrogen-bond donors (Lipinski definition) is 0. The van der Waals surface area contributed by atoms with Crippen LogP contribution in [-0.2, 0) is 0 Å². The van der Waals surface area contributed by atoms with Crippen LogP contribution in [0, 0.1) is 19.3 Å². The van der Waals surface area contributed by atoms with Crippen LogP contribution in [0.15, 0.2) is 29.2 Å². The molecule has 1 aromatic carbocycles. The number of thioether (sulfide) groups is 1. The fourth-order valence-corrected chi connectivity index (χ4v) is 1.85. The van der Waals surface area contributed by atoms with Crippen LogP contribution in [0.25, 0.3) is 0 Å². The predicted octanol–water partition coefficient (Wildman–Crippen LogP) is 3.50. The Hall–Kier alpha value is -0.870. The molecule has 1 rings (SSSR count). The first kappa shape index (κ1) is 10.2. The van der Waals surface area contributed by atoms with Crippen LogP contribution in [-0.4, -0.2) is 5.75 Å². The molecule has 0 amide bonds. The van der Waals surface area contributed by atoms with Gasteiger partial charge >= 0.3 is 0 Å². The van der Waals surface area contributed by atoms with Crippen molar-refractivity contribution < 1.29 is 0 Å². The van der Waals surface area contributed by atoms with E-state index in [1.165, 1.54) is 10.5 Å². The highest BCUT2D eigenvalue weighted by atomic mass is 32.2. The first-order valence-corrected chi connectivity index (χ1v) is 5.44. The smallest absolute Gasteiger partial charge is 0.00940 e. The van der Waals surface area contributed by atoms with E-state index in [0.29, 0.717) is 0 Å². The number of unbranched alkanes of at least 4 members (excludes halogenated alkanes) is 1. The van der Waals surface area contributed by atoms with Crippen LogP contribution in [0.4, 0.5) is 0 Å². The SMILES string of the molecule is C#CCCCSc1ccc(C)cc1. The summed E-state index contributed by atoms with van der Waals surface area (Å²) in [7, 11) is 0. The third kappa shape index (κ3) is 4.05. The molecule has 0 nitrogen and oxygen atoms in total. The highest BCUT2D eigenvalue weighted by Crippen LogP contribution is 2.19. The fraction of sp³-hybridized carbons (Fsp3) is 0.333. The Bertz CT molecular complexity index is 279. The zero-order valence-electron chi connectivity index (χ0n) is 7.92. The van der Waals surface area contributed by atoms with Crippen LogP contribution in [0.1, 0.15) is 18.4 Å². The summed E-state index contributed by atoms with van der Waals surface area (Å²) in [5.41, 5.74) is 1.31. The van der Waals surface area contributed by atoms with E-state index in [0.717, 1.165) is 18.6 Å². The molecule has 0 unspecified atom stereocenters. The van der Waals surface area contributed by atoms with Gasteiger partial charge in [0.2, 0.25) is 0 Å². The van der Waals surface area contributed by atoms with Gasteiger partial charge in [0.1, 0.15) is 0 Å². The molecule has 0 aliphatic heterocycles. The van der Waals surface area contributed by atoms with Gasteiger partial charge in [0, 0.05) is 11.3 Å². The lowest BCUT2D eigenvalue weighted by atomic mass is 10.2. The molecule has 0 aliphatic carbocycles. The lowest BCUT2D eigenvalue weighted by Gasteiger charge is -1.99. The van der Waals surface area contributed by atoms with Crippen LogP contribution < -0.4 is 0 Å². The standard InChI is InChI=1S/C12H14S/c1-3-4-5-10-13-12-8-6-11(2)7-9-12/h1,6-9H,4-5,10H2,2H3. The number of benzene rings is 1. The van der Waals surface area contributed by atoms with Crippen molar-refractivity contribution in [3.8, 4) is 12.3 Å². The maximum Gasteiger partial charge on any atom is 0.00940 e. The molecule has 0 saturated carbocycles. The van der Waals surface area contributed by atoms with Crippen molar-refractivity contribution in [1.29, 1.82) is 0 Å². The van der Waals surface area contributed by atoms with Crippen LogP contribution in [0.2, 0.25) is 0 Å². The Labute approximate surface area is 84.7 Å². The van der Waals surface area contributed by atoms with E-state index >= 15 is 0 Å². The van der Waals surface area contributed by atoms with Crippen LogP contribution in [0.3, 0.4) is 0 Å². The van der Waals surface area contributed by atoms with Gasteiger partial charge in [-0.15, -0.1) is 24.1 Å². The van der Waals surface area contributed by atoms with Gasteiger partial charge in [0.25, 0.3) is 0 Å². The normalized spacial score (nSPS) is 9.54. The molecular weight excluding hydrogens is 176 g/mol. The van der Waals surface area contributed by atoms with Gasteiger partial charge < -0.3 is 0 Å². The van der Waals surface area contributed by atoms with Crippen LogP contribution in [0.5, 0.6) is 0 Å². The van der Waals surface area contributed by atoms with Gasteiger partial charge in [0.15, 0.2) is 0 Å². The third-order valence-corrected chi connectivity index (χ3v) is 2.85. The molecule has 0 saturated heterocycles. The Morgan fingerprint density at radius 1 is 1.31 bits per heavy atom. The van der Waals surface area contributed by atoms with E-state index in [9.17, 15) is 0 Å². The van der Waals surface area contributed by atoms with Gasteiger partial charge in [0.05, 0.1) is 0 Å². The minimum Gasteiger partial charge on any atom is -0.126 e. The van der Waals surface area contributed by atoms with Gasteiger partial charge in [-0.3, -0.25) is 0 Å². The van der Waals surface area contributed by atoms with Crippen molar-refractivity contribution in [1.82, 2.24) is 0 Å². The van der Waals surface area contributed by atoms with E-state index in [1.54, 1.807) is 0 Å². The molecule has 0 atom stereocenters. The first-order chi connectivity index (χ1) is 6.33. The largest absolute Gasteiger partial charge is 0.126 e. The summed E-state index contributed by atoms with van der Waals surface area (Å²) in [4.78, 5) is 1.34. The molecule has 13 heavy (non-hydrogen) atoms. The number of hydrogen-bond acceptors (Lipinski definition) is 1. The fourth-order valence-electron chi connectivity index (χ4n) is 0.999. The second-order valence-electron chi connectivity index (χ2n) is 2.97. The molecule has 0 aliphatic rings. The summed E-state index contributed by atoms with van der Waals surface area (Å²) in [6.07, 6.45) is 7.16. The summed E-state index contributed by atoms with van der Waals surface area (Å²) < 4.78 is 0. The van der Waals surface area contributed by atoms with Crippen LogP contribution >= 0.6 is 11.8 Å². The summed E-state index contributed by atoms with van der Waals surface area (Å²) >= 11 is 1.87. The van der Waals surface area contributed by atoms with Crippen molar-refractivity contribution in [3.05, 3.63) is 29.8 Å². The van der Waals surface area contributed by atoms with Crippen molar-refractivity contribution in [3.63, 3.8) is 0 Å². The topological polar surface area (TPSA) is 0 Å². The van der Waals surface area contributed by atoms with Crippen molar-refractivity contribution >= 4 is 11.8 Å². The Kier molecular flexibility index (Phi) is 4.49. The zero-order valence-corrected chi connectivity index (χ0v) is 8.73. The molecule has 1 aromatic rings. The zero-order chi connectivity index (χ0) is 9.52. The predicted molar refractivity (Wildman–Crippen MR) is 60.0 cm³/mol. The molecule has 0 fully saturated rings. The lowest BCUT2D eigenvalue weighted by molar-refractivity contribution is 0.997. The molecule has 68 valence electrons. The van der Waals surface area contributed by atoms with E-state index in [4.69, 9.17) is 6.42 Å². The summed E-state index contributed by atoms with van der Waals surface area (Å²) in [5, 5.41) is 0. The quantitative estimate of drug-likeness (QED) is 0.398. The monoisotopic (exact) mass is 190 g/mol. The molecule has 0 radical (unpaired) electrons. The second-order valence-corrected chi connectivity index (χ2v) is 4.14. The van der Waals surface area contributed by atoms with Crippen molar-refractivity contribution in [2.75, 3.05) is 5.75 Å². The lowest BCUT2D eigenvalue weighted by Crippen LogP contribution is -1.79. The van der Waals surface area contributed by atoms with E-state index < -0.39 is 0 Å². The van der Waals surface area contributed by atoms with E-state index in [1.807, 2.05) is 11.8 Å². The second kappa shape index (κ2) is 5.72. The summed E-state index contributed by atoms with van der Waals surface area (Å²) in [5.74, 6) is 3.77. The van der Waals surface area contributed by atoms with Crippen molar-refractivity contribution in [2.45, 2.75) is 24.7 Å². The highest BCUT2D eigenvalue weighted by Gasteiger charge is 1.92. The average Bonchev–Trinajstić information content (AvgIpc) is 2.15. The molecule has 0 heterocycles. The third-order valence-electron chi connectivity index (χ3n) is 1.76. The van der Waals surface area contributed by atoms with Gasteiger partial charge in [-0.2, -0.15) is 0 Å². The molecular formula is C12H14S. The minimum absolute atomic E-state index is 0.888. The maximum atomic E-state index is 5.17. The number of rotatable bonds is 4. The first-order valence-electron chi connectivity index (χ1n) is 4.46.